The number of amides is 2. The molecule has 1 fully saturated rings. The molecule has 2 aromatic rings. The SMILES string of the molecule is COc1ccc(C(NC(=O)CN2CCN(C(=O)c3ccccc3C(F)(F)F)CC2)C(C)C)cc1. The van der Waals surface area contributed by atoms with Crippen molar-refractivity contribution in [3.8, 4) is 5.75 Å². The zero-order chi connectivity index (χ0) is 24.9. The monoisotopic (exact) mass is 477 g/mol. The molecule has 1 aliphatic rings. The minimum absolute atomic E-state index is 0.142. The summed E-state index contributed by atoms with van der Waals surface area (Å²) in [7, 11) is 1.60. The summed E-state index contributed by atoms with van der Waals surface area (Å²) in [6, 6.07) is 12.2. The van der Waals surface area contributed by atoms with Gasteiger partial charge < -0.3 is 15.0 Å². The Bertz CT molecular complexity index is 985. The number of piperazine rings is 1. The maximum atomic E-state index is 13.3. The smallest absolute Gasteiger partial charge is 0.417 e. The lowest BCUT2D eigenvalue weighted by Gasteiger charge is -2.35. The zero-order valence-corrected chi connectivity index (χ0v) is 19.6. The Balaban J connectivity index is 1.56. The standard InChI is InChI=1S/C25H30F3N3O3/c1-17(2)23(18-8-10-19(34-3)11-9-18)29-22(32)16-30-12-14-31(15-13-30)24(33)20-6-4-5-7-21(20)25(26,27)28/h4-11,17,23H,12-16H2,1-3H3,(H,29,32). The van der Waals surface area contributed by atoms with Crippen LogP contribution in [0.5, 0.6) is 5.75 Å². The van der Waals surface area contributed by atoms with Crippen LogP contribution >= 0.6 is 0 Å². The summed E-state index contributed by atoms with van der Waals surface area (Å²) in [5.74, 6) is 0.122. The van der Waals surface area contributed by atoms with E-state index in [1.165, 1.54) is 23.1 Å². The molecule has 3 rings (SSSR count). The van der Waals surface area contributed by atoms with Gasteiger partial charge in [0, 0.05) is 26.2 Å². The van der Waals surface area contributed by atoms with Crippen LogP contribution in [-0.2, 0) is 11.0 Å². The second kappa shape index (κ2) is 10.9. The van der Waals surface area contributed by atoms with E-state index in [2.05, 4.69) is 5.32 Å². The highest BCUT2D eigenvalue weighted by Gasteiger charge is 2.36. The van der Waals surface area contributed by atoms with Gasteiger partial charge in [-0.1, -0.05) is 38.1 Å². The summed E-state index contributed by atoms with van der Waals surface area (Å²) in [6.45, 7) is 5.52. The molecule has 1 atom stereocenters. The van der Waals surface area contributed by atoms with E-state index in [4.69, 9.17) is 4.74 Å². The van der Waals surface area contributed by atoms with Gasteiger partial charge in [0.1, 0.15) is 5.75 Å². The molecule has 1 heterocycles. The zero-order valence-electron chi connectivity index (χ0n) is 19.6. The van der Waals surface area contributed by atoms with E-state index in [1.54, 1.807) is 7.11 Å². The molecule has 0 saturated carbocycles. The third-order valence-corrected chi connectivity index (χ3v) is 5.95. The lowest BCUT2D eigenvalue weighted by atomic mass is 9.96. The molecule has 1 N–H and O–H groups in total. The van der Waals surface area contributed by atoms with Crippen LogP contribution in [0, 0.1) is 5.92 Å². The average Bonchev–Trinajstić information content (AvgIpc) is 2.82. The minimum atomic E-state index is -4.59. The number of hydrogen-bond donors (Lipinski definition) is 1. The predicted octanol–water partition coefficient (Wildman–Crippen LogP) is 3.99. The minimum Gasteiger partial charge on any atom is -0.497 e. The van der Waals surface area contributed by atoms with Gasteiger partial charge in [-0.2, -0.15) is 13.2 Å². The second-order valence-electron chi connectivity index (χ2n) is 8.67. The number of nitrogens with one attached hydrogen (secondary N) is 1. The number of benzene rings is 2. The maximum Gasteiger partial charge on any atom is 0.417 e. The van der Waals surface area contributed by atoms with Gasteiger partial charge >= 0.3 is 6.18 Å². The number of ether oxygens (including phenoxy) is 1. The van der Waals surface area contributed by atoms with Crippen LogP contribution in [0.25, 0.3) is 0 Å². The fraction of sp³-hybridized carbons (Fsp3) is 0.440. The number of rotatable bonds is 7. The Hall–Kier alpha value is -3.07. The second-order valence-corrected chi connectivity index (χ2v) is 8.67. The molecule has 184 valence electrons. The quantitative estimate of drug-likeness (QED) is 0.655. The topological polar surface area (TPSA) is 61.9 Å². The molecule has 9 heteroatoms. The van der Waals surface area contributed by atoms with E-state index in [9.17, 15) is 22.8 Å². The van der Waals surface area contributed by atoms with Gasteiger partial charge in [0.15, 0.2) is 0 Å². The van der Waals surface area contributed by atoms with Crippen molar-refractivity contribution < 1.29 is 27.5 Å². The van der Waals surface area contributed by atoms with Crippen molar-refractivity contribution in [2.45, 2.75) is 26.1 Å². The fourth-order valence-corrected chi connectivity index (χ4v) is 4.06. The molecule has 2 amide bonds. The van der Waals surface area contributed by atoms with Gasteiger partial charge in [-0.05, 0) is 35.7 Å². The third kappa shape index (κ3) is 6.28. The lowest BCUT2D eigenvalue weighted by molar-refractivity contribution is -0.138. The molecule has 0 bridgehead atoms. The van der Waals surface area contributed by atoms with Crippen LogP contribution in [0.2, 0.25) is 0 Å². The first-order chi connectivity index (χ1) is 16.1. The van der Waals surface area contributed by atoms with Crippen LogP contribution in [0.3, 0.4) is 0 Å². The van der Waals surface area contributed by atoms with Crippen molar-refractivity contribution in [3.63, 3.8) is 0 Å². The van der Waals surface area contributed by atoms with Gasteiger partial charge in [-0.15, -0.1) is 0 Å². The van der Waals surface area contributed by atoms with Crippen LogP contribution in [0.15, 0.2) is 48.5 Å². The first-order valence-electron chi connectivity index (χ1n) is 11.2. The van der Waals surface area contributed by atoms with Crippen LogP contribution in [0.1, 0.15) is 41.4 Å². The van der Waals surface area contributed by atoms with Gasteiger partial charge in [-0.25, -0.2) is 0 Å². The van der Waals surface area contributed by atoms with Gasteiger partial charge in [0.2, 0.25) is 5.91 Å². The molecule has 0 spiro atoms. The molecular weight excluding hydrogens is 447 g/mol. The van der Waals surface area contributed by atoms with E-state index in [-0.39, 0.29) is 43.1 Å². The number of carbonyl (C=O) groups is 2. The normalized spacial score (nSPS) is 15.8. The van der Waals surface area contributed by atoms with Crippen molar-refractivity contribution in [2.75, 3.05) is 39.8 Å². The highest BCUT2D eigenvalue weighted by atomic mass is 19.4. The molecule has 1 unspecified atom stereocenters. The highest BCUT2D eigenvalue weighted by molar-refractivity contribution is 5.96. The summed E-state index contributed by atoms with van der Waals surface area (Å²) in [5.41, 5.74) is -0.302. The molecule has 6 nitrogen and oxygen atoms in total. The van der Waals surface area contributed by atoms with E-state index in [0.29, 0.717) is 13.1 Å². The Labute approximate surface area is 197 Å². The highest BCUT2D eigenvalue weighted by Crippen LogP contribution is 2.32. The number of alkyl halides is 3. The van der Waals surface area contributed by atoms with E-state index >= 15 is 0 Å². The Morgan fingerprint density at radius 3 is 2.18 bits per heavy atom. The summed E-state index contributed by atoms with van der Waals surface area (Å²) in [6.07, 6.45) is -4.59. The number of carbonyl (C=O) groups excluding carboxylic acids is 2. The molecule has 0 radical (unpaired) electrons. The number of methoxy groups -OCH3 is 1. The van der Waals surface area contributed by atoms with Gasteiger partial charge in [0.05, 0.1) is 30.8 Å². The Morgan fingerprint density at radius 2 is 1.62 bits per heavy atom. The van der Waals surface area contributed by atoms with E-state index in [1.807, 2.05) is 43.0 Å². The van der Waals surface area contributed by atoms with Crippen molar-refractivity contribution in [1.29, 1.82) is 0 Å². The molecular formula is C25H30F3N3O3. The van der Waals surface area contributed by atoms with Crippen LogP contribution < -0.4 is 10.1 Å². The molecule has 1 saturated heterocycles. The molecule has 2 aromatic carbocycles. The van der Waals surface area contributed by atoms with Crippen molar-refractivity contribution >= 4 is 11.8 Å². The van der Waals surface area contributed by atoms with E-state index < -0.39 is 17.6 Å². The summed E-state index contributed by atoms with van der Waals surface area (Å²) < 4.78 is 45.0. The van der Waals surface area contributed by atoms with Gasteiger partial charge in [-0.3, -0.25) is 14.5 Å². The first kappa shape index (κ1) is 25.6. The Morgan fingerprint density at radius 1 is 1.00 bits per heavy atom. The summed E-state index contributed by atoms with van der Waals surface area (Å²) in [5, 5.41) is 3.07. The number of hydrogen-bond acceptors (Lipinski definition) is 4. The first-order valence-corrected chi connectivity index (χ1v) is 11.2. The van der Waals surface area contributed by atoms with Gasteiger partial charge in [0.25, 0.3) is 5.91 Å². The molecule has 0 aromatic heterocycles. The average molecular weight is 478 g/mol. The molecule has 0 aliphatic carbocycles. The lowest BCUT2D eigenvalue weighted by Crippen LogP contribution is -2.51. The third-order valence-electron chi connectivity index (χ3n) is 5.95. The molecule has 34 heavy (non-hydrogen) atoms. The summed E-state index contributed by atoms with van der Waals surface area (Å²) >= 11 is 0. The van der Waals surface area contributed by atoms with Crippen molar-refractivity contribution in [3.05, 3.63) is 65.2 Å². The van der Waals surface area contributed by atoms with Crippen LogP contribution in [0.4, 0.5) is 13.2 Å². The maximum absolute atomic E-state index is 13.3. The fourth-order valence-electron chi connectivity index (χ4n) is 4.06. The largest absolute Gasteiger partial charge is 0.497 e. The summed E-state index contributed by atoms with van der Waals surface area (Å²) in [4.78, 5) is 28.8. The van der Waals surface area contributed by atoms with E-state index in [0.717, 1.165) is 17.4 Å². The predicted molar refractivity (Wildman–Crippen MR) is 123 cm³/mol. The Kier molecular flexibility index (Phi) is 8.19. The molecule has 1 aliphatic heterocycles. The van der Waals surface area contributed by atoms with Crippen LogP contribution in [-0.4, -0.2) is 61.4 Å². The van der Waals surface area contributed by atoms with Crippen molar-refractivity contribution in [2.24, 2.45) is 5.92 Å². The number of nitrogens with zero attached hydrogens (tertiary/aromatic N) is 2. The number of halogens is 3. The van der Waals surface area contributed by atoms with Crippen molar-refractivity contribution in [1.82, 2.24) is 15.1 Å².